The van der Waals surface area contributed by atoms with Gasteiger partial charge in [0.05, 0.1) is 11.0 Å². The van der Waals surface area contributed by atoms with E-state index in [-0.39, 0.29) is 0 Å². The van der Waals surface area contributed by atoms with Gasteiger partial charge in [0.1, 0.15) is 11.6 Å². The third kappa shape index (κ3) is 2.57. The smallest absolute Gasteiger partial charge is 0.153 e. The summed E-state index contributed by atoms with van der Waals surface area (Å²) >= 11 is 0. The van der Waals surface area contributed by atoms with E-state index in [1.807, 2.05) is 67.1 Å². The molecule has 1 heterocycles. The number of imidazole rings is 1. The lowest BCUT2D eigenvalue weighted by molar-refractivity contribution is 0.924. The van der Waals surface area contributed by atoms with Crippen LogP contribution < -0.4 is 5.32 Å². The van der Waals surface area contributed by atoms with E-state index in [0.717, 1.165) is 16.7 Å². The van der Waals surface area contributed by atoms with Crippen LogP contribution >= 0.6 is 0 Å². The summed E-state index contributed by atoms with van der Waals surface area (Å²) in [6, 6.07) is 18.1. The maximum Gasteiger partial charge on any atom is 0.153 e. The van der Waals surface area contributed by atoms with Crippen molar-refractivity contribution in [3.63, 3.8) is 0 Å². The van der Waals surface area contributed by atoms with Crippen molar-refractivity contribution in [1.29, 1.82) is 5.26 Å². The highest BCUT2D eigenvalue weighted by Crippen LogP contribution is 2.20. The number of para-hydroxylation sites is 2. The Bertz CT molecular complexity index is 880. The summed E-state index contributed by atoms with van der Waals surface area (Å²) < 4.78 is 1.93. The van der Waals surface area contributed by atoms with Gasteiger partial charge in [-0.1, -0.05) is 29.8 Å². The van der Waals surface area contributed by atoms with Gasteiger partial charge in [-0.15, -0.1) is 0 Å². The molecule has 0 aliphatic heterocycles. The van der Waals surface area contributed by atoms with E-state index in [9.17, 15) is 5.26 Å². The molecule has 0 aliphatic carbocycles. The normalized spacial score (nSPS) is 11.4. The molecule has 0 atom stereocenters. The molecule has 22 heavy (non-hydrogen) atoms. The molecule has 0 unspecified atom stereocenters. The first-order valence-electron chi connectivity index (χ1n) is 7.04. The number of hydrogen-bond acceptors (Lipinski definition) is 3. The van der Waals surface area contributed by atoms with Crippen LogP contribution in [0.25, 0.3) is 16.6 Å². The van der Waals surface area contributed by atoms with Gasteiger partial charge in [-0.05, 0) is 31.2 Å². The molecule has 0 bridgehead atoms. The summed E-state index contributed by atoms with van der Waals surface area (Å²) in [7, 11) is 1.92. The first-order valence-corrected chi connectivity index (χ1v) is 7.04. The van der Waals surface area contributed by atoms with Crippen LogP contribution in [0, 0.1) is 18.3 Å². The second-order valence-corrected chi connectivity index (χ2v) is 5.16. The van der Waals surface area contributed by atoms with E-state index in [2.05, 4.69) is 16.4 Å². The van der Waals surface area contributed by atoms with Crippen LogP contribution in [0.4, 0.5) is 5.69 Å². The van der Waals surface area contributed by atoms with Crippen LogP contribution in [-0.4, -0.2) is 9.55 Å². The van der Waals surface area contributed by atoms with Crippen molar-refractivity contribution < 1.29 is 0 Å². The number of hydrogen-bond donors (Lipinski definition) is 1. The number of benzene rings is 2. The fourth-order valence-electron chi connectivity index (χ4n) is 2.34. The molecule has 3 aromatic rings. The third-order valence-electron chi connectivity index (χ3n) is 3.58. The molecule has 0 aliphatic rings. The van der Waals surface area contributed by atoms with Gasteiger partial charge in [-0.25, -0.2) is 4.98 Å². The number of aryl methyl sites for hydroxylation is 2. The second kappa shape index (κ2) is 5.74. The Hall–Kier alpha value is -3.06. The summed E-state index contributed by atoms with van der Waals surface area (Å²) in [5.41, 5.74) is 4.53. The number of rotatable bonds is 3. The highest BCUT2D eigenvalue weighted by molar-refractivity contribution is 5.83. The van der Waals surface area contributed by atoms with E-state index < -0.39 is 0 Å². The van der Waals surface area contributed by atoms with Crippen LogP contribution in [0.1, 0.15) is 11.4 Å². The maximum absolute atomic E-state index is 9.44. The Balaban J connectivity index is 1.95. The Morgan fingerprint density at radius 2 is 1.91 bits per heavy atom. The van der Waals surface area contributed by atoms with Crippen molar-refractivity contribution in [2.24, 2.45) is 7.05 Å². The monoisotopic (exact) mass is 288 g/mol. The van der Waals surface area contributed by atoms with E-state index in [4.69, 9.17) is 0 Å². The molecule has 1 aromatic heterocycles. The minimum Gasteiger partial charge on any atom is -0.360 e. The second-order valence-electron chi connectivity index (χ2n) is 5.16. The largest absolute Gasteiger partial charge is 0.360 e. The number of aromatic nitrogens is 2. The van der Waals surface area contributed by atoms with Crippen molar-refractivity contribution >= 4 is 22.3 Å². The lowest BCUT2D eigenvalue weighted by atomic mass is 10.2. The predicted octanol–water partition coefficient (Wildman–Crippen LogP) is 3.86. The molecule has 1 N–H and O–H groups in total. The van der Waals surface area contributed by atoms with Crippen LogP contribution in [0.15, 0.2) is 54.7 Å². The molecule has 3 rings (SSSR count). The summed E-state index contributed by atoms with van der Waals surface area (Å²) in [5, 5.41) is 12.6. The zero-order valence-corrected chi connectivity index (χ0v) is 12.5. The molecule has 0 saturated carbocycles. The van der Waals surface area contributed by atoms with E-state index in [1.165, 1.54) is 5.56 Å². The zero-order valence-electron chi connectivity index (χ0n) is 12.5. The Morgan fingerprint density at radius 1 is 1.18 bits per heavy atom. The molecule has 0 radical (unpaired) electrons. The Morgan fingerprint density at radius 3 is 2.59 bits per heavy atom. The van der Waals surface area contributed by atoms with Gasteiger partial charge in [0, 0.05) is 18.9 Å². The minimum absolute atomic E-state index is 0.499. The number of anilines is 1. The van der Waals surface area contributed by atoms with Gasteiger partial charge < -0.3 is 9.88 Å². The first kappa shape index (κ1) is 13.9. The highest BCUT2D eigenvalue weighted by Gasteiger charge is 2.11. The van der Waals surface area contributed by atoms with Crippen molar-refractivity contribution in [1.82, 2.24) is 9.55 Å². The fourth-order valence-corrected chi connectivity index (χ4v) is 2.34. The van der Waals surface area contributed by atoms with Crippen molar-refractivity contribution in [2.45, 2.75) is 6.92 Å². The van der Waals surface area contributed by atoms with E-state index in [0.29, 0.717) is 11.4 Å². The summed E-state index contributed by atoms with van der Waals surface area (Å²) in [6.07, 6.45) is 1.70. The number of nitriles is 1. The molecule has 0 spiro atoms. The number of nitrogens with one attached hydrogen (secondary N) is 1. The molecule has 0 saturated heterocycles. The van der Waals surface area contributed by atoms with Crippen molar-refractivity contribution in [2.75, 3.05) is 5.32 Å². The quantitative estimate of drug-likeness (QED) is 0.745. The first-order chi connectivity index (χ1) is 10.7. The van der Waals surface area contributed by atoms with Gasteiger partial charge in [0.15, 0.2) is 5.82 Å². The topological polar surface area (TPSA) is 53.6 Å². The molecule has 0 amide bonds. The van der Waals surface area contributed by atoms with E-state index >= 15 is 0 Å². The number of nitrogens with zero attached hydrogens (tertiary/aromatic N) is 3. The molecule has 0 fully saturated rings. The molecule has 2 aromatic carbocycles. The molecule has 4 heteroatoms. The van der Waals surface area contributed by atoms with Crippen molar-refractivity contribution in [3.05, 3.63) is 66.1 Å². The average molecular weight is 288 g/mol. The summed E-state index contributed by atoms with van der Waals surface area (Å²) in [5.74, 6) is 0.656. The lowest BCUT2D eigenvalue weighted by Gasteiger charge is -2.04. The standard InChI is InChI=1S/C18H16N4/c1-13-7-9-15(10-8-13)20-12-14(11-19)18-21-16-5-3-4-6-17(16)22(18)2/h3-10,12,20H,1-2H3/b14-12-. The predicted molar refractivity (Wildman–Crippen MR) is 89.1 cm³/mol. The summed E-state index contributed by atoms with van der Waals surface area (Å²) in [6.45, 7) is 2.04. The number of allylic oxidation sites excluding steroid dienone is 1. The third-order valence-corrected chi connectivity index (χ3v) is 3.58. The Labute approximate surface area is 129 Å². The summed E-state index contributed by atoms with van der Waals surface area (Å²) in [4.78, 5) is 4.54. The highest BCUT2D eigenvalue weighted by atomic mass is 15.1. The van der Waals surface area contributed by atoms with Crippen LogP contribution in [0.2, 0.25) is 0 Å². The van der Waals surface area contributed by atoms with Gasteiger partial charge in [-0.2, -0.15) is 5.26 Å². The molecule has 108 valence electrons. The molecular formula is C18H16N4. The van der Waals surface area contributed by atoms with Gasteiger partial charge in [0.2, 0.25) is 0 Å². The SMILES string of the molecule is Cc1ccc(N/C=C(/C#N)c2nc3ccccc3n2C)cc1. The fraction of sp³-hybridized carbons (Fsp3) is 0.111. The van der Waals surface area contributed by atoms with Gasteiger partial charge in [-0.3, -0.25) is 0 Å². The van der Waals surface area contributed by atoms with Crippen molar-refractivity contribution in [3.8, 4) is 6.07 Å². The van der Waals surface area contributed by atoms with E-state index in [1.54, 1.807) is 6.20 Å². The zero-order chi connectivity index (χ0) is 15.5. The van der Waals surface area contributed by atoms with Gasteiger partial charge in [0.25, 0.3) is 0 Å². The Kier molecular flexibility index (Phi) is 3.63. The van der Waals surface area contributed by atoms with Crippen LogP contribution in [0.3, 0.4) is 0 Å². The number of fused-ring (bicyclic) bond motifs is 1. The molecular weight excluding hydrogens is 272 g/mol. The lowest BCUT2D eigenvalue weighted by Crippen LogP contribution is -1.98. The average Bonchev–Trinajstić information content (AvgIpc) is 2.87. The maximum atomic E-state index is 9.44. The van der Waals surface area contributed by atoms with Crippen LogP contribution in [0.5, 0.6) is 0 Å². The minimum atomic E-state index is 0.499. The van der Waals surface area contributed by atoms with Crippen LogP contribution in [-0.2, 0) is 7.05 Å². The molecule has 4 nitrogen and oxygen atoms in total. The van der Waals surface area contributed by atoms with Gasteiger partial charge >= 0.3 is 0 Å².